The lowest BCUT2D eigenvalue weighted by atomic mass is 10.1. The van der Waals surface area contributed by atoms with Gasteiger partial charge in [0.25, 0.3) is 0 Å². The van der Waals surface area contributed by atoms with E-state index >= 15 is 0 Å². The lowest BCUT2D eigenvalue weighted by molar-refractivity contribution is 0.303. The van der Waals surface area contributed by atoms with Crippen LogP contribution in [0.3, 0.4) is 0 Å². The van der Waals surface area contributed by atoms with E-state index in [0.717, 1.165) is 42.5 Å². The van der Waals surface area contributed by atoms with Gasteiger partial charge in [0, 0.05) is 13.1 Å². The van der Waals surface area contributed by atoms with E-state index in [4.69, 9.17) is 14.5 Å². The van der Waals surface area contributed by atoms with Crippen LogP contribution in [0.2, 0.25) is 0 Å². The molecule has 7 heteroatoms. The summed E-state index contributed by atoms with van der Waals surface area (Å²) >= 11 is 0. The van der Waals surface area contributed by atoms with Crippen molar-refractivity contribution in [3.05, 3.63) is 23.8 Å². The average molecular weight is 492 g/mol. The highest BCUT2D eigenvalue weighted by molar-refractivity contribution is 14.0. The van der Waals surface area contributed by atoms with Crippen molar-refractivity contribution in [3.8, 4) is 11.5 Å². The number of rotatable bonds is 10. The number of methoxy groups -OCH3 is 2. The lowest BCUT2D eigenvalue weighted by Gasteiger charge is -2.24. The van der Waals surface area contributed by atoms with Crippen molar-refractivity contribution < 1.29 is 9.47 Å². The molecule has 0 aromatic heterocycles. The maximum Gasteiger partial charge on any atom is 0.191 e. The summed E-state index contributed by atoms with van der Waals surface area (Å²) < 4.78 is 10.8. The van der Waals surface area contributed by atoms with E-state index in [0.29, 0.717) is 12.5 Å². The van der Waals surface area contributed by atoms with Gasteiger partial charge in [-0.15, -0.1) is 24.0 Å². The first-order valence-electron chi connectivity index (χ1n) is 9.33. The Labute approximate surface area is 182 Å². The first kappa shape index (κ1) is 25.8. The van der Waals surface area contributed by atoms with E-state index in [1.165, 1.54) is 0 Å². The third kappa shape index (κ3) is 9.01. The van der Waals surface area contributed by atoms with Gasteiger partial charge in [-0.1, -0.05) is 19.9 Å². The third-order valence-electron chi connectivity index (χ3n) is 4.20. The minimum absolute atomic E-state index is 0. The van der Waals surface area contributed by atoms with Gasteiger partial charge < -0.3 is 25.0 Å². The molecule has 0 aliphatic heterocycles. The molecular formula is C20H37IN4O2. The largest absolute Gasteiger partial charge is 0.493 e. The predicted octanol–water partition coefficient (Wildman–Crippen LogP) is 3.53. The highest BCUT2D eigenvalue weighted by Crippen LogP contribution is 2.31. The van der Waals surface area contributed by atoms with Gasteiger partial charge in [0.15, 0.2) is 17.5 Å². The number of hydrogen-bond acceptors (Lipinski definition) is 4. The lowest BCUT2D eigenvalue weighted by Crippen LogP contribution is -2.38. The van der Waals surface area contributed by atoms with Crippen LogP contribution >= 0.6 is 24.0 Å². The van der Waals surface area contributed by atoms with E-state index in [1.807, 2.05) is 12.1 Å². The highest BCUT2D eigenvalue weighted by atomic mass is 127. The zero-order chi connectivity index (χ0) is 19.5. The van der Waals surface area contributed by atoms with Crippen molar-refractivity contribution >= 4 is 29.9 Å². The SMILES string of the molecule is CCNC(=NCC(c1ccc(OC)c(OC)c1)N(C)C)NCCC(C)C.I. The van der Waals surface area contributed by atoms with Crippen molar-refractivity contribution in [2.24, 2.45) is 10.9 Å². The summed E-state index contributed by atoms with van der Waals surface area (Å²) in [6.07, 6.45) is 1.12. The number of nitrogens with one attached hydrogen (secondary N) is 2. The summed E-state index contributed by atoms with van der Waals surface area (Å²) in [7, 11) is 7.44. The number of hydrogen-bond donors (Lipinski definition) is 2. The molecule has 1 atom stereocenters. The third-order valence-corrected chi connectivity index (χ3v) is 4.20. The van der Waals surface area contributed by atoms with Gasteiger partial charge in [0.05, 0.1) is 26.8 Å². The normalized spacial score (nSPS) is 12.6. The second-order valence-electron chi connectivity index (χ2n) is 6.92. The zero-order valence-electron chi connectivity index (χ0n) is 17.8. The molecule has 1 aromatic rings. The number of likely N-dealkylation sites (N-methyl/N-ethyl adjacent to an activating group) is 1. The predicted molar refractivity (Wildman–Crippen MR) is 125 cm³/mol. The summed E-state index contributed by atoms with van der Waals surface area (Å²) in [6, 6.07) is 6.19. The molecule has 0 saturated carbocycles. The van der Waals surface area contributed by atoms with Crippen molar-refractivity contribution in [1.82, 2.24) is 15.5 Å². The van der Waals surface area contributed by atoms with Gasteiger partial charge in [-0.3, -0.25) is 4.99 Å². The Morgan fingerprint density at radius 2 is 1.78 bits per heavy atom. The summed E-state index contributed by atoms with van der Waals surface area (Å²) in [5.41, 5.74) is 1.15. The maximum atomic E-state index is 5.44. The fraction of sp³-hybridized carbons (Fsp3) is 0.650. The number of benzene rings is 1. The van der Waals surface area contributed by atoms with Crippen LogP contribution in [0.5, 0.6) is 11.5 Å². The molecule has 0 amide bonds. The quantitative estimate of drug-likeness (QED) is 0.298. The molecule has 0 saturated heterocycles. The molecule has 0 spiro atoms. The van der Waals surface area contributed by atoms with E-state index < -0.39 is 0 Å². The van der Waals surface area contributed by atoms with E-state index in [1.54, 1.807) is 14.2 Å². The summed E-state index contributed by atoms with van der Waals surface area (Å²) in [6.45, 7) is 8.95. The molecule has 0 aliphatic carbocycles. The smallest absolute Gasteiger partial charge is 0.191 e. The first-order chi connectivity index (χ1) is 12.4. The Morgan fingerprint density at radius 1 is 1.11 bits per heavy atom. The molecule has 27 heavy (non-hydrogen) atoms. The standard InChI is InChI=1S/C20H36N4O2.HI/c1-8-21-20(22-12-11-15(2)3)23-14-17(24(4)5)16-9-10-18(25-6)19(13-16)26-7;/h9-10,13,15,17H,8,11-12,14H2,1-7H3,(H2,21,22,23);1H. The molecule has 6 nitrogen and oxygen atoms in total. The van der Waals surface area contributed by atoms with Crippen LogP contribution in [0, 0.1) is 5.92 Å². The monoisotopic (exact) mass is 492 g/mol. The fourth-order valence-electron chi connectivity index (χ4n) is 2.63. The first-order valence-corrected chi connectivity index (χ1v) is 9.33. The van der Waals surface area contributed by atoms with Gasteiger partial charge in [-0.2, -0.15) is 0 Å². The maximum absolute atomic E-state index is 5.44. The molecule has 156 valence electrons. The molecule has 0 fully saturated rings. The molecule has 0 aliphatic rings. The van der Waals surface area contributed by atoms with Gasteiger partial charge in [0.2, 0.25) is 0 Å². The summed E-state index contributed by atoms with van der Waals surface area (Å²) in [4.78, 5) is 6.96. The molecule has 0 bridgehead atoms. The Bertz CT molecular complexity index is 565. The minimum atomic E-state index is 0. The number of guanidine groups is 1. The van der Waals surface area contributed by atoms with Crippen LogP contribution in [0.1, 0.15) is 38.8 Å². The van der Waals surface area contributed by atoms with Crippen LogP contribution in [0.25, 0.3) is 0 Å². The number of ether oxygens (including phenoxy) is 2. The topological polar surface area (TPSA) is 58.1 Å². The van der Waals surface area contributed by atoms with Gasteiger partial charge >= 0.3 is 0 Å². The van der Waals surface area contributed by atoms with E-state index in [9.17, 15) is 0 Å². The van der Waals surface area contributed by atoms with Crippen LogP contribution in [0.15, 0.2) is 23.2 Å². The van der Waals surface area contributed by atoms with E-state index in [2.05, 4.69) is 56.5 Å². The highest BCUT2D eigenvalue weighted by Gasteiger charge is 2.16. The summed E-state index contributed by atoms with van der Waals surface area (Å²) in [5.74, 6) is 3.01. The molecule has 0 radical (unpaired) electrons. The van der Waals surface area contributed by atoms with Crippen molar-refractivity contribution in [1.29, 1.82) is 0 Å². The number of halogens is 1. The Hall–Kier alpha value is -1.22. The second kappa shape index (κ2) is 13.9. The van der Waals surface area contributed by atoms with Crippen LogP contribution in [-0.2, 0) is 0 Å². The molecule has 1 rings (SSSR count). The Balaban J connectivity index is 0.00000676. The van der Waals surface area contributed by atoms with Crippen LogP contribution in [0.4, 0.5) is 0 Å². The fourth-order valence-corrected chi connectivity index (χ4v) is 2.63. The van der Waals surface area contributed by atoms with Crippen LogP contribution in [-0.4, -0.2) is 58.8 Å². The number of nitrogens with zero attached hydrogens (tertiary/aromatic N) is 2. The van der Waals surface area contributed by atoms with Crippen LogP contribution < -0.4 is 20.1 Å². The molecule has 1 unspecified atom stereocenters. The molecule has 0 heterocycles. The van der Waals surface area contributed by atoms with E-state index in [-0.39, 0.29) is 30.0 Å². The minimum Gasteiger partial charge on any atom is -0.493 e. The second-order valence-corrected chi connectivity index (χ2v) is 6.92. The average Bonchev–Trinajstić information content (AvgIpc) is 2.60. The molecule has 2 N–H and O–H groups in total. The Kier molecular flexibility index (Phi) is 13.2. The van der Waals surface area contributed by atoms with Crippen molar-refractivity contribution in [3.63, 3.8) is 0 Å². The van der Waals surface area contributed by atoms with Crippen molar-refractivity contribution in [2.45, 2.75) is 33.2 Å². The Morgan fingerprint density at radius 3 is 2.30 bits per heavy atom. The van der Waals surface area contributed by atoms with Gasteiger partial charge in [0.1, 0.15) is 0 Å². The molecular weight excluding hydrogens is 455 g/mol. The molecule has 1 aromatic carbocycles. The van der Waals surface area contributed by atoms with Gasteiger partial charge in [-0.25, -0.2) is 0 Å². The number of aliphatic imine (C=N–C) groups is 1. The zero-order valence-corrected chi connectivity index (χ0v) is 20.2. The summed E-state index contributed by atoms with van der Waals surface area (Å²) in [5, 5.41) is 6.73. The van der Waals surface area contributed by atoms with Gasteiger partial charge in [-0.05, 0) is 51.1 Å². The van der Waals surface area contributed by atoms with Crippen molar-refractivity contribution in [2.75, 3.05) is 47.9 Å².